The molecule has 1 N–H and O–H groups in total. The Kier molecular flexibility index (Phi) is 5.97. The fraction of sp³-hybridized carbons (Fsp3) is 0.391. The van der Waals surface area contributed by atoms with Gasteiger partial charge in [-0.05, 0) is 62.7 Å². The molecule has 1 aromatic carbocycles. The molecule has 1 unspecified atom stereocenters. The van der Waals surface area contributed by atoms with Gasteiger partial charge in [-0.3, -0.25) is 9.59 Å². The van der Waals surface area contributed by atoms with Crippen molar-refractivity contribution >= 4 is 23.3 Å². The number of Topliss-reactive ketones (excluding diaryl/α,β-unsaturated/α-hetero) is 1. The number of piperidine rings is 1. The van der Waals surface area contributed by atoms with Gasteiger partial charge in [-0.2, -0.15) is 0 Å². The Balaban J connectivity index is 1.68. The number of aliphatic hydroxyl groups excluding tert-OH is 1. The van der Waals surface area contributed by atoms with Crippen molar-refractivity contribution in [1.29, 1.82) is 0 Å². The van der Waals surface area contributed by atoms with Gasteiger partial charge in [0.15, 0.2) is 11.5 Å². The van der Waals surface area contributed by atoms with Crippen LogP contribution < -0.4 is 0 Å². The van der Waals surface area contributed by atoms with Crippen LogP contribution in [0, 0.1) is 6.92 Å². The summed E-state index contributed by atoms with van der Waals surface area (Å²) in [7, 11) is 0. The number of carbonyl (C=O) groups is 2. The number of carbonyl (C=O) groups excluding carboxylic acids is 2. The lowest BCUT2D eigenvalue weighted by atomic mass is 9.95. The highest BCUT2D eigenvalue weighted by Gasteiger charge is 2.44. The molecule has 30 heavy (non-hydrogen) atoms. The summed E-state index contributed by atoms with van der Waals surface area (Å²) < 4.78 is 5.48. The number of aryl methyl sites for hydroxylation is 1. The fourth-order valence-corrected chi connectivity index (χ4v) is 4.46. The third kappa shape index (κ3) is 4.02. The Morgan fingerprint density at radius 1 is 1.17 bits per heavy atom. The minimum absolute atomic E-state index is 0.0373. The van der Waals surface area contributed by atoms with Crippen LogP contribution in [0.5, 0.6) is 0 Å². The van der Waals surface area contributed by atoms with Crippen molar-refractivity contribution in [2.45, 2.75) is 32.2 Å². The number of rotatable bonds is 6. The van der Waals surface area contributed by atoms with Gasteiger partial charge in [-0.1, -0.05) is 30.2 Å². The molecule has 1 amide bonds. The molecule has 158 valence electrons. The second-order valence-corrected chi connectivity index (χ2v) is 8.30. The predicted octanol–water partition coefficient (Wildman–Crippen LogP) is 4.31. The van der Waals surface area contributed by atoms with Gasteiger partial charge in [-0.15, -0.1) is 0 Å². The molecule has 7 heteroatoms. The summed E-state index contributed by atoms with van der Waals surface area (Å²) in [5.74, 6) is -0.850. The number of halogens is 1. The van der Waals surface area contributed by atoms with Crippen molar-refractivity contribution < 1.29 is 19.1 Å². The van der Waals surface area contributed by atoms with Crippen molar-refractivity contribution in [2.24, 2.45) is 0 Å². The molecule has 0 bridgehead atoms. The average molecular weight is 429 g/mol. The SMILES string of the molecule is Cc1ccc(C(=O)C2=C(O)C(=O)N(CCN3CCCCC3)C2c2cccc(Cl)c2)o1. The Morgan fingerprint density at radius 3 is 2.60 bits per heavy atom. The number of hydrogen-bond donors (Lipinski definition) is 1. The molecule has 4 rings (SSSR count). The monoisotopic (exact) mass is 428 g/mol. The third-order valence-corrected chi connectivity index (χ3v) is 6.02. The number of amides is 1. The number of aliphatic hydroxyl groups is 1. The molecule has 2 aromatic rings. The van der Waals surface area contributed by atoms with Crippen molar-refractivity contribution in [2.75, 3.05) is 26.2 Å². The molecule has 1 fully saturated rings. The Labute approximate surface area is 180 Å². The van der Waals surface area contributed by atoms with Gasteiger partial charge in [0.2, 0.25) is 5.78 Å². The van der Waals surface area contributed by atoms with Crippen LogP contribution in [-0.2, 0) is 4.79 Å². The lowest BCUT2D eigenvalue weighted by molar-refractivity contribution is -0.129. The van der Waals surface area contributed by atoms with E-state index < -0.39 is 23.5 Å². The van der Waals surface area contributed by atoms with Gasteiger partial charge in [0.25, 0.3) is 5.91 Å². The molecule has 1 saturated heterocycles. The van der Waals surface area contributed by atoms with Gasteiger partial charge in [0.05, 0.1) is 11.6 Å². The van der Waals surface area contributed by atoms with Crippen molar-refractivity contribution in [3.05, 3.63) is 69.8 Å². The maximum Gasteiger partial charge on any atom is 0.290 e. The van der Waals surface area contributed by atoms with E-state index in [0.29, 0.717) is 29.4 Å². The highest BCUT2D eigenvalue weighted by Crippen LogP contribution is 2.39. The lowest BCUT2D eigenvalue weighted by Gasteiger charge is -2.31. The molecule has 6 nitrogen and oxygen atoms in total. The molecule has 0 saturated carbocycles. The van der Waals surface area contributed by atoms with E-state index in [2.05, 4.69) is 4.90 Å². The van der Waals surface area contributed by atoms with Gasteiger partial charge in [-0.25, -0.2) is 0 Å². The van der Waals surface area contributed by atoms with Gasteiger partial charge < -0.3 is 19.3 Å². The minimum atomic E-state index is -0.709. The van der Waals surface area contributed by atoms with Crippen LogP contribution >= 0.6 is 11.6 Å². The second kappa shape index (κ2) is 8.66. The molecule has 0 aliphatic carbocycles. The number of ketones is 1. The van der Waals surface area contributed by atoms with Crippen LogP contribution in [0.2, 0.25) is 5.02 Å². The molecule has 2 aliphatic heterocycles. The van der Waals surface area contributed by atoms with E-state index in [1.54, 1.807) is 42.2 Å². The Morgan fingerprint density at radius 2 is 1.93 bits per heavy atom. The van der Waals surface area contributed by atoms with E-state index in [0.717, 1.165) is 25.9 Å². The van der Waals surface area contributed by atoms with Crippen LogP contribution in [0.25, 0.3) is 0 Å². The summed E-state index contributed by atoms with van der Waals surface area (Å²) in [4.78, 5) is 30.1. The first-order valence-electron chi connectivity index (χ1n) is 10.3. The number of nitrogens with zero attached hydrogens (tertiary/aromatic N) is 2. The molecule has 2 aliphatic rings. The standard InChI is InChI=1S/C23H25ClN2O4/c1-15-8-9-18(30-15)21(27)19-20(16-6-5-7-17(24)14-16)26(23(29)22(19)28)13-12-25-10-3-2-4-11-25/h5-9,14,20,28H,2-4,10-13H2,1H3. The first-order chi connectivity index (χ1) is 14.5. The third-order valence-electron chi connectivity index (χ3n) is 5.78. The van der Waals surface area contributed by atoms with Crippen LogP contribution in [-0.4, -0.2) is 52.8 Å². The zero-order valence-corrected chi connectivity index (χ0v) is 17.7. The maximum atomic E-state index is 13.2. The molecular weight excluding hydrogens is 404 g/mol. The number of benzene rings is 1. The molecular formula is C23H25ClN2O4. The first kappa shape index (κ1) is 20.7. The largest absolute Gasteiger partial charge is 0.503 e. The Bertz CT molecular complexity index is 991. The molecule has 3 heterocycles. The summed E-state index contributed by atoms with van der Waals surface area (Å²) in [6.45, 7) is 4.84. The number of furan rings is 1. The predicted molar refractivity (Wildman–Crippen MR) is 114 cm³/mol. The van der Waals surface area contributed by atoms with E-state index in [1.807, 2.05) is 6.07 Å². The average Bonchev–Trinajstić information content (AvgIpc) is 3.28. The molecule has 1 atom stereocenters. The normalized spacial score (nSPS) is 20.3. The van der Waals surface area contributed by atoms with E-state index in [-0.39, 0.29) is 11.3 Å². The van der Waals surface area contributed by atoms with E-state index >= 15 is 0 Å². The van der Waals surface area contributed by atoms with E-state index in [9.17, 15) is 14.7 Å². The molecule has 0 spiro atoms. The minimum Gasteiger partial charge on any atom is -0.503 e. The maximum absolute atomic E-state index is 13.2. The van der Waals surface area contributed by atoms with Crippen LogP contribution in [0.15, 0.2) is 52.1 Å². The molecule has 1 aromatic heterocycles. The van der Waals surface area contributed by atoms with Crippen LogP contribution in [0.4, 0.5) is 0 Å². The van der Waals surface area contributed by atoms with Crippen LogP contribution in [0.3, 0.4) is 0 Å². The zero-order chi connectivity index (χ0) is 21.3. The van der Waals surface area contributed by atoms with E-state index in [4.69, 9.17) is 16.0 Å². The van der Waals surface area contributed by atoms with Crippen molar-refractivity contribution in [3.63, 3.8) is 0 Å². The molecule has 0 radical (unpaired) electrons. The highest BCUT2D eigenvalue weighted by molar-refractivity contribution is 6.30. The number of hydrogen-bond acceptors (Lipinski definition) is 5. The summed E-state index contributed by atoms with van der Waals surface area (Å²) in [5, 5.41) is 11.2. The van der Waals surface area contributed by atoms with Gasteiger partial charge >= 0.3 is 0 Å². The summed E-state index contributed by atoms with van der Waals surface area (Å²) in [6.07, 6.45) is 3.53. The highest BCUT2D eigenvalue weighted by atomic mass is 35.5. The van der Waals surface area contributed by atoms with Crippen molar-refractivity contribution in [1.82, 2.24) is 9.80 Å². The van der Waals surface area contributed by atoms with Crippen molar-refractivity contribution in [3.8, 4) is 0 Å². The summed E-state index contributed by atoms with van der Waals surface area (Å²) in [5.41, 5.74) is 0.723. The summed E-state index contributed by atoms with van der Waals surface area (Å²) >= 11 is 6.20. The lowest BCUT2D eigenvalue weighted by Crippen LogP contribution is -2.40. The zero-order valence-electron chi connectivity index (χ0n) is 16.9. The number of likely N-dealkylation sites (tertiary alicyclic amines) is 1. The quantitative estimate of drug-likeness (QED) is 0.694. The Hall–Kier alpha value is -2.57. The van der Waals surface area contributed by atoms with E-state index in [1.165, 1.54) is 6.42 Å². The van der Waals surface area contributed by atoms with Gasteiger partial charge in [0.1, 0.15) is 5.76 Å². The van der Waals surface area contributed by atoms with Gasteiger partial charge in [0, 0.05) is 18.1 Å². The van der Waals surface area contributed by atoms with Crippen LogP contribution in [0.1, 0.15) is 47.2 Å². The smallest absolute Gasteiger partial charge is 0.290 e. The first-order valence-corrected chi connectivity index (χ1v) is 10.7. The topological polar surface area (TPSA) is 74.0 Å². The summed E-state index contributed by atoms with van der Waals surface area (Å²) in [6, 6.07) is 9.60. The second-order valence-electron chi connectivity index (χ2n) is 7.86. The fourth-order valence-electron chi connectivity index (χ4n) is 4.26.